The van der Waals surface area contributed by atoms with E-state index in [4.69, 9.17) is 11.6 Å². The number of halogens is 2. The van der Waals surface area contributed by atoms with Gasteiger partial charge in [0.05, 0.1) is 0 Å². The Balaban J connectivity index is 2.25. The zero-order chi connectivity index (χ0) is 15.2. The van der Waals surface area contributed by atoms with E-state index in [0.29, 0.717) is 6.04 Å². The predicted molar refractivity (Wildman–Crippen MR) is 95.1 cm³/mol. The summed E-state index contributed by atoms with van der Waals surface area (Å²) in [6.07, 6.45) is 2.10. The van der Waals surface area contributed by atoms with E-state index in [1.54, 1.807) is 0 Å². The van der Waals surface area contributed by atoms with Crippen molar-refractivity contribution in [3.05, 3.63) is 68.7 Å². The van der Waals surface area contributed by atoms with Crippen LogP contribution in [0.25, 0.3) is 0 Å². The Morgan fingerprint density at radius 2 is 2.00 bits per heavy atom. The van der Waals surface area contributed by atoms with Crippen molar-refractivity contribution >= 4 is 27.5 Å². The molecular formula is C18H21BrClN. The summed E-state index contributed by atoms with van der Waals surface area (Å²) in [6.45, 7) is 5.33. The number of benzene rings is 2. The van der Waals surface area contributed by atoms with Crippen molar-refractivity contribution in [2.24, 2.45) is 0 Å². The van der Waals surface area contributed by atoms with E-state index in [-0.39, 0.29) is 0 Å². The van der Waals surface area contributed by atoms with Crippen LogP contribution in [0.2, 0.25) is 5.02 Å². The summed E-state index contributed by atoms with van der Waals surface area (Å²) in [4.78, 5) is 0. The van der Waals surface area contributed by atoms with Gasteiger partial charge in [-0.1, -0.05) is 52.7 Å². The second-order valence-corrected chi connectivity index (χ2v) is 6.69. The molecule has 0 aliphatic heterocycles. The molecule has 112 valence electrons. The minimum Gasteiger partial charge on any atom is -0.310 e. The van der Waals surface area contributed by atoms with Crippen molar-refractivity contribution in [3.8, 4) is 0 Å². The SMILES string of the molecule is CCCNC(Cc1cccc(Br)c1)c1ccc(Cl)cc1C. The van der Waals surface area contributed by atoms with Gasteiger partial charge >= 0.3 is 0 Å². The first-order valence-corrected chi connectivity index (χ1v) is 8.51. The predicted octanol–water partition coefficient (Wildman–Crippen LogP) is 5.69. The normalized spacial score (nSPS) is 12.4. The standard InChI is InChI=1S/C18H21BrClN/c1-3-9-21-18(12-14-5-4-6-15(19)11-14)17-8-7-16(20)10-13(17)2/h4-8,10-11,18,21H,3,9,12H2,1-2H3. The van der Waals surface area contributed by atoms with E-state index >= 15 is 0 Å². The molecule has 0 heterocycles. The topological polar surface area (TPSA) is 12.0 Å². The molecule has 0 saturated heterocycles. The Kier molecular flexibility index (Phi) is 6.28. The lowest BCUT2D eigenvalue weighted by atomic mass is 9.95. The maximum atomic E-state index is 6.08. The summed E-state index contributed by atoms with van der Waals surface area (Å²) in [7, 11) is 0. The van der Waals surface area contributed by atoms with Crippen LogP contribution in [0.1, 0.15) is 36.1 Å². The van der Waals surface area contributed by atoms with Crippen molar-refractivity contribution in [3.63, 3.8) is 0 Å². The monoisotopic (exact) mass is 365 g/mol. The quantitative estimate of drug-likeness (QED) is 0.692. The summed E-state index contributed by atoms with van der Waals surface area (Å²) >= 11 is 9.63. The van der Waals surface area contributed by atoms with E-state index < -0.39 is 0 Å². The third kappa shape index (κ3) is 4.84. The average molecular weight is 367 g/mol. The molecule has 2 aromatic carbocycles. The van der Waals surface area contributed by atoms with Gasteiger partial charge in [-0.15, -0.1) is 0 Å². The van der Waals surface area contributed by atoms with E-state index in [1.165, 1.54) is 16.7 Å². The third-order valence-corrected chi connectivity index (χ3v) is 4.31. The number of rotatable bonds is 6. The molecule has 1 unspecified atom stereocenters. The van der Waals surface area contributed by atoms with E-state index in [9.17, 15) is 0 Å². The van der Waals surface area contributed by atoms with Crippen LogP contribution in [0.15, 0.2) is 46.9 Å². The summed E-state index contributed by atoms with van der Waals surface area (Å²) < 4.78 is 1.13. The highest BCUT2D eigenvalue weighted by molar-refractivity contribution is 9.10. The fraction of sp³-hybridized carbons (Fsp3) is 0.333. The van der Waals surface area contributed by atoms with Crippen LogP contribution in [0.5, 0.6) is 0 Å². The Morgan fingerprint density at radius 1 is 1.19 bits per heavy atom. The lowest BCUT2D eigenvalue weighted by Gasteiger charge is -2.21. The van der Waals surface area contributed by atoms with Gasteiger partial charge in [-0.2, -0.15) is 0 Å². The molecular weight excluding hydrogens is 346 g/mol. The maximum absolute atomic E-state index is 6.08. The highest BCUT2D eigenvalue weighted by Crippen LogP contribution is 2.25. The minimum atomic E-state index is 0.316. The van der Waals surface area contributed by atoms with Crippen molar-refractivity contribution in [2.45, 2.75) is 32.7 Å². The van der Waals surface area contributed by atoms with Crippen LogP contribution in [0, 0.1) is 6.92 Å². The van der Waals surface area contributed by atoms with Crippen LogP contribution < -0.4 is 5.32 Å². The summed E-state index contributed by atoms with van der Waals surface area (Å²) in [5.41, 5.74) is 3.89. The second-order valence-electron chi connectivity index (χ2n) is 5.34. The Labute approximate surface area is 140 Å². The van der Waals surface area contributed by atoms with Gasteiger partial charge in [0, 0.05) is 15.5 Å². The molecule has 0 fully saturated rings. The second kappa shape index (κ2) is 7.98. The van der Waals surface area contributed by atoms with Gasteiger partial charge in [-0.25, -0.2) is 0 Å². The van der Waals surface area contributed by atoms with Gasteiger partial charge in [0.1, 0.15) is 0 Å². The van der Waals surface area contributed by atoms with Gasteiger partial charge in [0.2, 0.25) is 0 Å². The van der Waals surface area contributed by atoms with Gasteiger partial charge in [-0.05, 0) is 67.3 Å². The van der Waals surface area contributed by atoms with Crippen molar-refractivity contribution in [2.75, 3.05) is 6.54 Å². The van der Waals surface area contributed by atoms with Gasteiger partial charge < -0.3 is 5.32 Å². The van der Waals surface area contributed by atoms with Crippen LogP contribution >= 0.6 is 27.5 Å². The highest BCUT2D eigenvalue weighted by Gasteiger charge is 2.14. The minimum absolute atomic E-state index is 0.316. The molecule has 0 spiro atoms. The number of hydrogen-bond donors (Lipinski definition) is 1. The first kappa shape index (κ1) is 16.5. The smallest absolute Gasteiger partial charge is 0.0408 e. The number of hydrogen-bond acceptors (Lipinski definition) is 1. The molecule has 0 radical (unpaired) electrons. The fourth-order valence-corrected chi connectivity index (χ4v) is 3.21. The third-order valence-electron chi connectivity index (χ3n) is 3.58. The van der Waals surface area contributed by atoms with E-state index in [1.807, 2.05) is 12.1 Å². The van der Waals surface area contributed by atoms with Crippen LogP contribution in [-0.4, -0.2) is 6.54 Å². The van der Waals surface area contributed by atoms with Gasteiger partial charge in [0.15, 0.2) is 0 Å². The molecule has 0 aliphatic carbocycles. The molecule has 2 rings (SSSR count). The fourth-order valence-electron chi connectivity index (χ4n) is 2.54. The van der Waals surface area contributed by atoms with E-state index in [0.717, 1.165) is 28.9 Å². The summed E-state index contributed by atoms with van der Waals surface area (Å²) in [6, 6.07) is 15.0. The van der Waals surface area contributed by atoms with Crippen LogP contribution in [0.3, 0.4) is 0 Å². The van der Waals surface area contributed by atoms with Crippen molar-refractivity contribution in [1.29, 1.82) is 0 Å². The first-order chi connectivity index (χ1) is 10.1. The number of nitrogens with one attached hydrogen (secondary N) is 1. The average Bonchev–Trinajstić information content (AvgIpc) is 2.44. The van der Waals surface area contributed by atoms with Gasteiger partial charge in [0.25, 0.3) is 0 Å². The Hall–Kier alpha value is -0.830. The molecule has 2 aromatic rings. The van der Waals surface area contributed by atoms with Crippen molar-refractivity contribution in [1.82, 2.24) is 5.32 Å². The highest BCUT2D eigenvalue weighted by atomic mass is 79.9. The van der Waals surface area contributed by atoms with Crippen LogP contribution in [-0.2, 0) is 6.42 Å². The van der Waals surface area contributed by atoms with Crippen LogP contribution in [0.4, 0.5) is 0 Å². The summed E-state index contributed by atoms with van der Waals surface area (Å²) in [5.74, 6) is 0. The maximum Gasteiger partial charge on any atom is 0.0408 e. The molecule has 21 heavy (non-hydrogen) atoms. The lowest BCUT2D eigenvalue weighted by molar-refractivity contribution is 0.527. The Bertz CT molecular complexity index is 598. The molecule has 0 aromatic heterocycles. The lowest BCUT2D eigenvalue weighted by Crippen LogP contribution is -2.24. The summed E-state index contributed by atoms with van der Waals surface area (Å²) in [5, 5.41) is 4.45. The molecule has 1 N–H and O–H groups in total. The zero-order valence-corrected chi connectivity index (χ0v) is 14.8. The molecule has 0 saturated carbocycles. The Morgan fingerprint density at radius 3 is 2.67 bits per heavy atom. The zero-order valence-electron chi connectivity index (χ0n) is 12.5. The molecule has 1 nitrogen and oxygen atoms in total. The molecule has 0 aliphatic rings. The van der Waals surface area contributed by atoms with E-state index in [2.05, 4.69) is 65.4 Å². The number of aryl methyl sites for hydroxylation is 1. The molecule has 1 atom stereocenters. The molecule has 0 bridgehead atoms. The van der Waals surface area contributed by atoms with Crippen molar-refractivity contribution < 1.29 is 0 Å². The molecule has 0 amide bonds. The molecule has 3 heteroatoms. The largest absolute Gasteiger partial charge is 0.310 e. The van der Waals surface area contributed by atoms with Gasteiger partial charge in [-0.3, -0.25) is 0 Å². The first-order valence-electron chi connectivity index (χ1n) is 7.34.